The first-order chi connectivity index (χ1) is 7.61. The van der Waals surface area contributed by atoms with E-state index in [1.165, 1.54) is 6.92 Å². The smallest absolute Gasteiger partial charge is 0.296 e. The highest BCUT2D eigenvalue weighted by Crippen LogP contribution is 2.36. The molecular formula is C9H14O7. The summed E-state index contributed by atoms with van der Waals surface area (Å²) in [5, 5.41) is 18.2. The van der Waals surface area contributed by atoms with E-state index in [0.29, 0.717) is 0 Å². The Balaban J connectivity index is 5.46. The average molecular weight is 234 g/mol. The predicted molar refractivity (Wildman–Crippen MR) is 50.0 cm³/mol. The molecule has 2 N–H and O–H groups in total. The molecule has 0 aromatic rings. The van der Waals surface area contributed by atoms with Crippen molar-refractivity contribution in [3.63, 3.8) is 0 Å². The highest BCUT2D eigenvalue weighted by Gasteiger charge is 2.55. The third-order valence-electron chi connectivity index (χ3n) is 2.49. The van der Waals surface area contributed by atoms with E-state index in [1.807, 2.05) is 0 Å². The lowest BCUT2D eigenvalue weighted by molar-refractivity contribution is -0.264. The minimum Gasteiger partial charge on any atom is -0.423 e. The maximum Gasteiger partial charge on any atom is 0.296 e. The summed E-state index contributed by atoms with van der Waals surface area (Å²) >= 11 is 0. The molecule has 0 saturated heterocycles. The molecule has 0 unspecified atom stereocenters. The van der Waals surface area contributed by atoms with E-state index in [1.54, 1.807) is 0 Å². The summed E-state index contributed by atoms with van der Waals surface area (Å²) in [7, 11) is 0. The van der Waals surface area contributed by atoms with Crippen molar-refractivity contribution < 1.29 is 34.1 Å². The summed E-state index contributed by atoms with van der Waals surface area (Å²) in [5.74, 6) is -2.00. The maximum absolute atomic E-state index is 10.9. The van der Waals surface area contributed by atoms with Gasteiger partial charge in [-0.05, 0) is 0 Å². The van der Waals surface area contributed by atoms with Crippen LogP contribution >= 0.6 is 0 Å². The molecule has 0 saturated carbocycles. The Hall–Kier alpha value is -1.47. The maximum atomic E-state index is 10.9. The van der Waals surface area contributed by atoms with Gasteiger partial charge in [-0.2, -0.15) is 0 Å². The molecule has 0 aliphatic rings. The average Bonchev–Trinajstić information content (AvgIpc) is 2.32. The number of ether oxygens (including phenoxy) is 2. The number of aliphatic hydroxyl groups excluding tert-OH is 2. The topological polar surface area (TPSA) is 110 Å². The van der Waals surface area contributed by atoms with E-state index in [-0.39, 0.29) is 25.7 Å². The first kappa shape index (κ1) is 14.5. The molecule has 0 aliphatic heterocycles. The van der Waals surface area contributed by atoms with Crippen molar-refractivity contribution >= 4 is 19.2 Å². The highest BCUT2D eigenvalue weighted by molar-refractivity contribution is 5.63. The molecule has 0 radical (unpaired) electrons. The number of aliphatic hydroxyl groups is 2. The van der Waals surface area contributed by atoms with Crippen molar-refractivity contribution in [2.75, 3.05) is 13.2 Å². The van der Waals surface area contributed by atoms with Crippen LogP contribution in [0.3, 0.4) is 0 Å². The molecule has 0 rings (SSSR count). The second-order valence-corrected chi connectivity index (χ2v) is 3.12. The van der Waals surface area contributed by atoms with Gasteiger partial charge < -0.3 is 24.5 Å². The highest BCUT2D eigenvalue weighted by atomic mass is 16.7. The van der Waals surface area contributed by atoms with Gasteiger partial charge in [0.1, 0.15) is 11.7 Å². The molecule has 16 heavy (non-hydrogen) atoms. The van der Waals surface area contributed by atoms with Crippen LogP contribution in [0.5, 0.6) is 0 Å². The number of carbonyl (C=O) groups is 3. The molecule has 7 heteroatoms. The van der Waals surface area contributed by atoms with Crippen LogP contribution in [0.1, 0.15) is 13.3 Å². The Bertz CT molecular complexity index is 236. The minimum absolute atomic E-state index is 0.0173. The summed E-state index contributed by atoms with van der Waals surface area (Å²) in [5.41, 5.74) is -1.89. The fourth-order valence-corrected chi connectivity index (χ4v) is 1.39. The SMILES string of the molecule is CCC(OC=O)(OC=O)C(C=O)(CO)CO. The molecule has 0 bridgehead atoms. The van der Waals surface area contributed by atoms with Gasteiger partial charge in [-0.15, -0.1) is 0 Å². The molecule has 0 aromatic heterocycles. The monoisotopic (exact) mass is 234 g/mol. The molecule has 92 valence electrons. The lowest BCUT2D eigenvalue weighted by atomic mass is 9.80. The third kappa shape index (κ3) is 2.20. The minimum atomic E-state index is -2.00. The first-order valence-electron chi connectivity index (χ1n) is 4.53. The van der Waals surface area contributed by atoms with Gasteiger partial charge in [0.2, 0.25) is 0 Å². The lowest BCUT2D eigenvalue weighted by Gasteiger charge is -2.40. The number of rotatable bonds is 9. The number of carbonyl (C=O) groups excluding carboxylic acids is 3. The van der Waals surface area contributed by atoms with Crippen molar-refractivity contribution in [2.45, 2.75) is 19.1 Å². The van der Waals surface area contributed by atoms with E-state index in [9.17, 15) is 14.4 Å². The largest absolute Gasteiger partial charge is 0.423 e. The molecule has 0 heterocycles. The van der Waals surface area contributed by atoms with E-state index in [0.717, 1.165) is 0 Å². The van der Waals surface area contributed by atoms with E-state index >= 15 is 0 Å². The van der Waals surface area contributed by atoms with Crippen LogP contribution in [0.25, 0.3) is 0 Å². The van der Waals surface area contributed by atoms with Crippen LogP contribution in [0.15, 0.2) is 0 Å². The Labute approximate surface area is 92.0 Å². The quantitative estimate of drug-likeness (QED) is 0.373. The molecule has 0 aromatic carbocycles. The molecule has 0 amide bonds. The van der Waals surface area contributed by atoms with Crippen LogP contribution in [0.4, 0.5) is 0 Å². The molecule has 0 fully saturated rings. The van der Waals surface area contributed by atoms with Gasteiger partial charge in [-0.3, -0.25) is 9.59 Å². The van der Waals surface area contributed by atoms with Gasteiger partial charge >= 0.3 is 0 Å². The zero-order valence-corrected chi connectivity index (χ0v) is 8.79. The van der Waals surface area contributed by atoms with E-state index in [2.05, 4.69) is 9.47 Å². The standard InChI is InChI=1S/C9H14O7/c1-2-9(15-6-13,16-7-14)8(3-10,4-11)5-12/h3,6-7,11-12H,2,4-5H2,1H3. The Morgan fingerprint density at radius 3 is 1.69 bits per heavy atom. The van der Waals surface area contributed by atoms with E-state index < -0.39 is 24.4 Å². The normalized spacial score (nSPS) is 11.7. The van der Waals surface area contributed by atoms with Gasteiger partial charge in [-0.1, -0.05) is 6.92 Å². The molecule has 0 atom stereocenters. The van der Waals surface area contributed by atoms with Gasteiger partial charge in [0.05, 0.1) is 13.2 Å². The van der Waals surface area contributed by atoms with Gasteiger partial charge in [0, 0.05) is 6.42 Å². The van der Waals surface area contributed by atoms with Crippen LogP contribution in [0, 0.1) is 5.41 Å². The first-order valence-corrected chi connectivity index (χ1v) is 4.53. The second-order valence-electron chi connectivity index (χ2n) is 3.12. The Morgan fingerprint density at radius 2 is 1.50 bits per heavy atom. The fourth-order valence-electron chi connectivity index (χ4n) is 1.39. The third-order valence-corrected chi connectivity index (χ3v) is 2.49. The van der Waals surface area contributed by atoms with Crippen LogP contribution in [0.2, 0.25) is 0 Å². The molecule has 0 aliphatic carbocycles. The van der Waals surface area contributed by atoms with Crippen molar-refractivity contribution in [1.29, 1.82) is 0 Å². The zero-order chi connectivity index (χ0) is 12.7. The number of hydrogen-bond acceptors (Lipinski definition) is 7. The Kier molecular flexibility index (Phi) is 5.62. The number of hydrogen-bond donors (Lipinski definition) is 2. The van der Waals surface area contributed by atoms with Gasteiger partial charge in [0.25, 0.3) is 18.7 Å². The van der Waals surface area contributed by atoms with Crippen LogP contribution in [-0.4, -0.2) is 48.4 Å². The van der Waals surface area contributed by atoms with Gasteiger partial charge in [-0.25, -0.2) is 0 Å². The van der Waals surface area contributed by atoms with E-state index in [4.69, 9.17) is 10.2 Å². The summed E-state index contributed by atoms with van der Waals surface area (Å²) in [6, 6.07) is 0. The van der Waals surface area contributed by atoms with Crippen molar-refractivity contribution in [1.82, 2.24) is 0 Å². The van der Waals surface area contributed by atoms with Crippen molar-refractivity contribution in [3.05, 3.63) is 0 Å². The second kappa shape index (κ2) is 6.19. The predicted octanol–water partition coefficient (Wildman–Crippen LogP) is -1.39. The van der Waals surface area contributed by atoms with Gasteiger partial charge in [0.15, 0.2) is 0 Å². The van der Waals surface area contributed by atoms with Crippen LogP contribution in [-0.2, 0) is 23.9 Å². The summed E-state index contributed by atoms with van der Waals surface area (Å²) in [4.78, 5) is 31.6. The van der Waals surface area contributed by atoms with Crippen molar-refractivity contribution in [3.8, 4) is 0 Å². The molecule has 7 nitrogen and oxygen atoms in total. The molecule has 0 spiro atoms. The lowest BCUT2D eigenvalue weighted by Crippen LogP contribution is -2.57. The molecular weight excluding hydrogens is 220 g/mol. The zero-order valence-electron chi connectivity index (χ0n) is 8.79. The van der Waals surface area contributed by atoms with Crippen LogP contribution < -0.4 is 0 Å². The summed E-state index contributed by atoms with van der Waals surface area (Å²) in [6.07, 6.45) is 0.105. The fraction of sp³-hybridized carbons (Fsp3) is 0.667. The summed E-state index contributed by atoms with van der Waals surface area (Å²) in [6.45, 7) is -0.227. The van der Waals surface area contributed by atoms with Crippen molar-refractivity contribution in [2.24, 2.45) is 5.41 Å². The number of aldehydes is 1. The summed E-state index contributed by atoms with van der Waals surface area (Å²) < 4.78 is 9.14. The Morgan fingerprint density at radius 1 is 1.06 bits per heavy atom.